The summed E-state index contributed by atoms with van der Waals surface area (Å²) in [5, 5.41) is 5.68. The Labute approximate surface area is 127 Å². The Balaban J connectivity index is 2.23. The molecule has 1 rings (SSSR count). The van der Waals surface area contributed by atoms with Crippen molar-refractivity contribution in [2.24, 2.45) is 0 Å². The Morgan fingerprint density at radius 2 is 2.05 bits per heavy atom. The summed E-state index contributed by atoms with van der Waals surface area (Å²) in [5.41, 5.74) is 0.0772. The second-order valence-corrected chi connectivity index (χ2v) is 6.17. The number of ether oxygens (including phenoxy) is 1. The lowest BCUT2D eigenvalue weighted by atomic mass is 10.2. The van der Waals surface area contributed by atoms with Crippen molar-refractivity contribution >= 4 is 22.0 Å². The van der Waals surface area contributed by atoms with Gasteiger partial charge in [-0.15, -0.1) is 0 Å². The maximum absolute atomic E-state index is 13.6. The molecule has 0 radical (unpaired) electrons. The SMILES string of the molecule is CC(C)(C)OC(=O)NCCNCc1cccc(Br)c1F. The van der Waals surface area contributed by atoms with Crippen LogP contribution in [0.1, 0.15) is 26.3 Å². The molecule has 0 aliphatic heterocycles. The third-order valence-corrected chi connectivity index (χ3v) is 2.93. The number of halogens is 2. The molecule has 0 heterocycles. The summed E-state index contributed by atoms with van der Waals surface area (Å²) < 4.78 is 19.2. The molecule has 0 aliphatic rings. The van der Waals surface area contributed by atoms with Crippen molar-refractivity contribution in [1.82, 2.24) is 10.6 Å². The van der Waals surface area contributed by atoms with Crippen molar-refractivity contribution in [2.75, 3.05) is 13.1 Å². The van der Waals surface area contributed by atoms with Gasteiger partial charge in [-0.3, -0.25) is 0 Å². The molecule has 1 amide bonds. The zero-order valence-electron chi connectivity index (χ0n) is 11.9. The Kier molecular flexibility index (Phi) is 6.42. The average molecular weight is 347 g/mol. The lowest BCUT2D eigenvalue weighted by Crippen LogP contribution is -2.36. The van der Waals surface area contributed by atoms with Crippen LogP contribution in [0.5, 0.6) is 0 Å². The van der Waals surface area contributed by atoms with Gasteiger partial charge in [-0.2, -0.15) is 0 Å². The van der Waals surface area contributed by atoms with Crippen molar-refractivity contribution in [2.45, 2.75) is 32.9 Å². The molecule has 0 atom stereocenters. The number of amides is 1. The molecule has 0 saturated heterocycles. The third kappa shape index (κ3) is 6.34. The van der Waals surface area contributed by atoms with E-state index in [-0.39, 0.29) is 5.82 Å². The summed E-state index contributed by atoms with van der Waals surface area (Å²) in [6, 6.07) is 5.15. The maximum atomic E-state index is 13.6. The number of hydrogen-bond donors (Lipinski definition) is 2. The largest absolute Gasteiger partial charge is 0.444 e. The Hall–Kier alpha value is -1.14. The van der Waals surface area contributed by atoms with Gasteiger partial charge in [0, 0.05) is 25.2 Å². The summed E-state index contributed by atoms with van der Waals surface area (Å²) in [6.45, 7) is 6.78. The van der Waals surface area contributed by atoms with Crippen LogP contribution in [0.3, 0.4) is 0 Å². The molecular formula is C14H20BrFN2O2. The fourth-order valence-electron chi connectivity index (χ4n) is 1.48. The van der Waals surface area contributed by atoms with Gasteiger partial charge in [0.25, 0.3) is 0 Å². The molecule has 1 aromatic carbocycles. The first-order chi connectivity index (χ1) is 9.29. The van der Waals surface area contributed by atoms with Gasteiger partial charge in [0.1, 0.15) is 11.4 Å². The lowest BCUT2D eigenvalue weighted by Gasteiger charge is -2.19. The molecule has 0 aliphatic carbocycles. The Bertz CT molecular complexity index is 461. The van der Waals surface area contributed by atoms with E-state index >= 15 is 0 Å². The number of carbonyl (C=O) groups excluding carboxylic acids is 1. The first-order valence-corrected chi connectivity index (χ1v) is 7.19. The van der Waals surface area contributed by atoms with Gasteiger partial charge in [-0.1, -0.05) is 12.1 Å². The number of carbonyl (C=O) groups is 1. The highest BCUT2D eigenvalue weighted by Crippen LogP contribution is 2.18. The summed E-state index contributed by atoms with van der Waals surface area (Å²) in [7, 11) is 0. The van der Waals surface area contributed by atoms with E-state index in [1.807, 2.05) is 0 Å². The molecule has 112 valence electrons. The fraction of sp³-hybridized carbons (Fsp3) is 0.500. The fourth-order valence-corrected chi connectivity index (χ4v) is 1.88. The predicted molar refractivity (Wildman–Crippen MR) is 80.0 cm³/mol. The van der Waals surface area contributed by atoms with Crippen molar-refractivity contribution < 1.29 is 13.9 Å². The van der Waals surface area contributed by atoms with Crippen LogP contribution in [0.4, 0.5) is 9.18 Å². The highest BCUT2D eigenvalue weighted by atomic mass is 79.9. The van der Waals surface area contributed by atoms with Gasteiger partial charge >= 0.3 is 6.09 Å². The van der Waals surface area contributed by atoms with E-state index in [2.05, 4.69) is 26.6 Å². The molecule has 2 N–H and O–H groups in total. The van der Waals surface area contributed by atoms with E-state index in [4.69, 9.17) is 4.74 Å². The van der Waals surface area contributed by atoms with Crippen LogP contribution < -0.4 is 10.6 Å². The van der Waals surface area contributed by atoms with Crippen LogP contribution in [0.15, 0.2) is 22.7 Å². The van der Waals surface area contributed by atoms with E-state index in [1.54, 1.807) is 39.0 Å². The maximum Gasteiger partial charge on any atom is 0.407 e. The van der Waals surface area contributed by atoms with Crippen LogP contribution >= 0.6 is 15.9 Å². The van der Waals surface area contributed by atoms with Gasteiger partial charge < -0.3 is 15.4 Å². The van der Waals surface area contributed by atoms with Crippen LogP contribution in [0.2, 0.25) is 0 Å². The molecule has 0 unspecified atom stereocenters. The molecule has 0 fully saturated rings. The van der Waals surface area contributed by atoms with Gasteiger partial charge in [0.2, 0.25) is 0 Å². The minimum absolute atomic E-state index is 0.264. The normalized spacial score (nSPS) is 11.2. The molecule has 4 nitrogen and oxygen atoms in total. The second kappa shape index (κ2) is 7.59. The zero-order chi connectivity index (χ0) is 15.2. The molecule has 0 spiro atoms. The van der Waals surface area contributed by atoms with Crippen molar-refractivity contribution in [1.29, 1.82) is 0 Å². The van der Waals surface area contributed by atoms with E-state index in [0.717, 1.165) is 0 Å². The molecule has 1 aromatic rings. The smallest absolute Gasteiger partial charge is 0.407 e. The Morgan fingerprint density at radius 3 is 2.70 bits per heavy atom. The topological polar surface area (TPSA) is 50.4 Å². The monoisotopic (exact) mass is 346 g/mol. The second-order valence-electron chi connectivity index (χ2n) is 5.32. The van der Waals surface area contributed by atoms with Gasteiger partial charge in [-0.25, -0.2) is 9.18 Å². The highest BCUT2D eigenvalue weighted by molar-refractivity contribution is 9.10. The van der Waals surface area contributed by atoms with Gasteiger partial charge in [-0.05, 0) is 42.8 Å². The standard InChI is InChI=1S/C14H20BrFN2O2/c1-14(2,3)20-13(19)18-8-7-17-9-10-5-4-6-11(15)12(10)16/h4-6,17H,7-9H2,1-3H3,(H,18,19). The van der Waals surface area contributed by atoms with Gasteiger partial charge in [0.05, 0.1) is 4.47 Å². The molecule has 20 heavy (non-hydrogen) atoms. The first-order valence-electron chi connectivity index (χ1n) is 6.40. The van der Waals surface area contributed by atoms with Crippen molar-refractivity contribution in [3.63, 3.8) is 0 Å². The Morgan fingerprint density at radius 1 is 1.35 bits per heavy atom. The molecule has 0 aromatic heterocycles. The number of hydrogen-bond acceptors (Lipinski definition) is 3. The van der Waals surface area contributed by atoms with Crippen molar-refractivity contribution in [3.05, 3.63) is 34.1 Å². The molecular weight excluding hydrogens is 327 g/mol. The molecule has 0 bridgehead atoms. The molecule has 0 saturated carbocycles. The first kappa shape index (κ1) is 16.9. The highest BCUT2D eigenvalue weighted by Gasteiger charge is 2.15. The van der Waals surface area contributed by atoms with Crippen LogP contribution in [-0.2, 0) is 11.3 Å². The number of rotatable bonds is 5. The summed E-state index contributed by atoms with van der Waals surface area (Å²) in [6.07, 6.45) is -0.451. The van der Waals surface area contributed by atoms with Crippen LogP contribution in [0, 0.1) is 5.82 Å². The number of nitrogens with one attached hydrogen (secondary N) is 2. The summed E-state index contributed by atoms with van der Waals surface area (Å²) >= 11 is 3.14. The van der Waals surface area contributed by atoms with E-state index in [1.165, 1.54) is 0 Å². The number of alkyl carbamates (subject to hydrolysis) is 1. The minimum Gasteiger partial charge on any atom is -0.444 e. The van der Waals surface area contributed by atoms with Crippen LogP contribution in [-0.4, -0.2) is 24.8 Å². The van der Waals surface area contributed by atoms with E-state index < -0.39 is 11.7 Å². The minimum atomic E-state index is -0.503. The summed E-state index contributed by atoms with van der Waals surface area (Å²) in [4.78, 5) is 11.4. The van der Waals surface area contributed by atoms with Crippen LogP contribution in [0.25, 0.3) is 0 Å². The van der Waals surface area contributed by atoms with Gasteiger partial charge in [0.15, 0.2) is 0 Å². The average Bonchev–Trinajstić information content (AvgIpc) is 2.31. The van der Waals surface area contributed by atoms with Crippen molar-refractivity contribution in [3.8, 4) is 0 Å². The quantitative estimate of drug-likeness (QED) is 0.805. The zero-order valence-corrected chi connectivity index (χ0v) is 13.5. The van der Waals surface area contributed by atoms with E-state index in [9.17, 15) is 9.18 Å². The molecule has 6 heteroatoms. The summed E-state index contributed by atoms with van der Waals surface area (Å²) in [5.74, 6) is -0.264. The predicted octanol–water partition coefficient (Wildman–Crippen LogP) is 3.20. The number of benzene rings is 1. The van der Waals surface area contributed by atoms with E-state index in [0.29, 0.717) is 29.7 Å². The third-order valence-electron chi connectivity index (χ3n) is 2.32. The lowest BCUT2D eigenvalue weighted by molar-refractivity contribution is 0.0528.